The van der Waals surface area contributed by atoms with Crippen molar-refractivity contribution in [2.24, 2.45) is 18.9 Å². The van der Waals surface area contributed by atoms with E-state index in [9.17, 15) is 9.59 Å². The minimum Gasteiger partial charge on any atom is -0.469 e. The fraction of sp³-hybridized carbons (Fsp3) is 0.538. The van der Waals surface area contributed by atoms with Crippen LogP contribution in [-0.4, -0.2) is 41.5 Å². The molecule has 1 saturated heterocycles. The largest absolute Gasteiger partial charge is 0.469 e. The van der Waals surface area contributed by atoms with Crippen LogP contribution < -0.4 is 5.73 Å². The highest BCUT2D eigenvalue weighted by atomic mass is 16.5. The molecule has 1 fully saturated rings. The van der Waals surface area contributed by atoms with Gasteiger partial charge in [0.1, 0.15) is 5.69 Å². The van der Waals surface area contributed by atoms with Crippen molar-refractivity contribution in [3.05, 3.63) is 18.0 Å². The lowest BCUT2D eigenvalue weighted by atomic mass is 9.99. The van der Waals surface area contributed by atoms with Gasteiger partial charge in [0.25, 0.3) is 5.91 Å². The summed E-state index contributed by atoms with van der Waals surface area (Å²) in [5.74, 6) is -0.493. The van der Waals surface area contributed by atoms with E-state index in [1.165, 1.54) is 7.11 Å². The number of ether oxygens (including phenoxy) is 1. The van der Waals surface area contributed by atoms with E-state index in [0.29, 0.717) is 24.5 Å². The second-order valence-corrected chi connectivity index (χ2v) is 5.09. The van der Waals surface area contributed by atoms with Gasteiger partial charge in [0, 0.05) is 26.3 Å². The maximum absolute atomic E-state index is 12.4. The van der Waals surface area contributed by atoms with Gasteiger partial charge in [0.05, 0.1) is 18.7 Å². The summed E-state index contributed by atoms with van der Waals surface area (Å²) in [6.07, 6.45) is 1.70. The number of anilines is 1. The van der Waals surface area contributed by atoms with Crippen LogP contribution in [0.25, 0.3) is 0 Å². The minimum atomic E-state index is -0.255. The van der Waals surface area contributed by atoms with Crippen molar-refractivity contribution in [3.8, 4) is 0 Å². The molecule has 0 aromatic carbocycles. The van der Waals surface area contributed by atoms with Crippen molar-refractivity contribution in [3.63, 3.8) is 0 Å². The number of carbonyl (C=O) groups excluding carboxylic acids is 2. The normalized spacial score (nSPS) is 22.6. The van der Waals surface area contributed by atoms with Crippen LogP contribution in [0.3, 0.4) is 0 Å². The smallest absolute Gasteiger partial charge is 0.310 e. The van der Waals surface area contributed by atoms with Gasteiger partial charge in [0.2, 0.25) is 0 Å². The third-order valence-corrected chi connectivity index (χ3v) is 3.65. The quantitative estimate of drug-likeness (QED) is 0.789. The number of hydrogen-bond acceptors (Lipinski definition) is 4. The first-order valence-electron chi connectivity index (χ1n) is 6.23. The minimum absolute atomic E-state index is 0.0996. The van der Waals surface area contributed by atoms with Gasteiger partial charge in [-0.2, -0.15) is 0 Å². The molecule has 1 aromatic rings. The Morgan fingerprint density at radius 1 is 1.42 bits per heavy atom. The Kier molecular flexibility index (Phi) is 3.50. The van der Waals surface area contributed by atoms with Gasteiger partial charge in [-0.25, -0.2) is 0 Å². The van der Waals surface area contributed by atoms with Crippen molar-refractivity contribution >= 4 is 17.6 Å². The van der Waals surface area contributed by atoms with Crippen molar-refractivity contribution in [2.45, 2.75) is 6.92 Å². The molecule has 0 radical (unpaired) electrons. The molecule has 6 nitrogen and oxygen atoms in total. The van der Waals surface area contributed by atoms with Gasteiger partial charge in [-0.15, -0.1) is 0 Å². The lowest BCUT2D eigenvalue weighted by Crippen LogP contribution is -2.31. The van der Waals surface area contributed by atoms with Gasteiger partial charge in [-0.3, -0.25) is 9.59 Å². The standard InChI is InChI=1S/C13H19N3O3/c1-8-5-16(7-10(8)13(18)19-3)12(17)11-4-9(14)6-15(11)2/h4,6,8,10H,5,7,14H2,1-3H3. The monoisotopic (exact) mass is 265 g/mol. The number of amides is 1. The van der Waals surface area contributed by atoms with Crippen LogP contribution in [0, 0.1) is 11.8 Å². The average Bonchev–Trinajstić information content (AvgIpc) is 2.90. The lowest BCUT2D eigenvalue weighted by molar-refractivity contribution is -0.146. The maximum atomic E-state index is 12.4. The molecule has 1 aromatic heterocycles. The number of rotatable bonds is 2. The molecule has 0 aliphatic carbocycles. The summed E-state index contributed by atoms with van der Waals surface area (Å²) in [6, 6.07) is 1.65. The molecule has 0 bridgehead atoms. The number of aryl methyl sites for hydroxylation is 1. The zero-order chi connectivity index (χ0) is 14.2. The van der Waals surface area contributed by atoms with E-state index < -0.39 is 0 Å². The molecule has 1 amide bonds. The Balaban J connectivity index is 2.14. The number of nitrogens with two attached hydrogens (primary N) is 1. The van der Waals surface area contributed by atoms with Crippen LogP contribution in [0.1, 0.15) is 17.4 Å². The van der Waals surface area contributed by atoms with Crippen LogP contribution >= 0.6 is 0 Å². The molecular formula is C13H19N3O3. The third-order valence-electron chi connectivity index (χ3n) is 3.65. The molecule has 2 unspecified atom stereocenters. The van der Waals surface area contributed by atoms with Crippen molar-refractivity contribution in [1.82, 2.24) is 9.47 Å². The number of methoxy groups -OCH3 is 1. The zero-order valence-corrected chi connectivity index (χ0v) is 11.4. The number of aromatic nitrogens is 1. The fourth-order valence-corrected chi connectivity index (χ4v) is 2.56. The van der Waals surface area contributed by atoms with Gasteiger partial charge in [0.15, 0.2) is 0 Å². The van der Waals surface area contributed by atoms with Crippen molar-refractivity contribution in [2.75, 3.05) is 25.9 Å². The molecule has 19 heavy (non-hydrogen) atoms. The van der Waals surface area contributed by atoms with E-state index in [0.717, 1.165) is 0 Å². The van der Waals surface area contributed by atoms with Gasteiger partial charge >= 0.3 is 5.97 Å². The predicted molar refractivity (Wildman–Crippen MR) is 70.4 cm³/mol. The topological polar surface area (TPSA) is 77.6 Å². The van der Waals surface area contributed by atoms with Crippen LogP contribution in [-0.2, 0) is 16.6 Å². The van der Waals surface area contributed by atoms with Gasteiger partial charge in [-0.05, 0) is 12.0 Å². The first-order chi connectivity index (χ1) is 8.93. The molecule has 104 valence electrons. The number of carbonyl (C=O) groups is 2. The van der Waals surface area contributed by atoms with E-state index in [1.807, 2.05) is 6.92 Å². The summed E-state index contributed by atoms with van der Waals surface area (Å²) in [6.45, 7) is 2.91. The highest BCUT2D eigenvalue weighted by Crippen LogP contribution is 2.26. The lowest BCUT2D eigenvalue weighted by Gasteiger charge is -2.16. The summed E-state index contributed by atoms with van der Waals surface area (Å²) in [5, 5.41) is 0. The molecule has 6 heteroatoms. The Labute approximate surface area is 112 Å². The van der Waals surface area contributed by atoms with E-state index in [-0.39, 0.29) is 23.7 Å². The number of nitrogen functional groups attached to an aromatic ring is 1. The molecular weight excluding hydrogens is 246 g/mol. The van der Waals surface area contributed by atoms with Crippen LogP contribution in [0.2, 0.25) is 0 Å². The number of likely N-dealkylation sites (tertiary alicyclic amines) is 1. The Morgan fingerprint density at radius 2 is 2.11 bits per heavy atom. The summed E-state index contributed by atoms with van der Waals surface area (Å²) in [7, 11) is 3.15. The number of hydrogen-bond donors (Lipinski definition) is 1. The SMILES string of the molecule is COC(=O)C1CN(C(=O)c2cc(N)cn2C)CC1C. The molecule has 1 aliphatic heterocycles. The van der Waals surface area contributed by atoms with Crippen molar-refractivity contribution < 1.29 is 14.3 Å². The second-order valence-electron chi connectivity index (χ2n) is 5.09. The highest BCUT2D eigenvalue weighted by Gasteiger charge is 2.38. The number of esters is 1. The first-order valence-corrected chi connectivity index (χ1v) is 6.23. The Hall–Kier alpha value is -1.98. The third kappa shape index (κ3) is 2.43. The molecule has 0 saturated carbocycles. The van der Waals surface area contributed by atoms with E-state index >= 15 is 0 Å². The van der Waals surface area contributed by atoms with Crippen LogP contribution in [0.15, 0.2) is 12.3 Å². The average molecular weight is 265 g/mol. The van der Waals surface area contributed by atoms with Gasteiger partial charge < -0.3 is 19.9 Å². The molecule has 2 N–H and O–H groups in total. The summed E-state index contributed by atoms with van der Waals surface area (Å²) in [4.78, 5) is 25.7. The highest BCUT2D eigenvalue weighted by molar-refractivity contribution is 5.94. The van der Waals surface area contributed by atoms with Crippen LogP contribution in [0.4, 0.5) is 5.69 Å². The fourth-order valence-electron chi connectivity index (χ4n) is 2.56. The van der Waals surface area contributed by atoms with Crippen molar-refractivity contribution in [1.29, 1.82) is 0 Å². The molecule has 1 aliphatic rings. The van der Waals surface area contributed by atoms with Gasteiger partial charge in [-0.1, -0.05) is 6.92 Å². The Morgan fingerprint density at radius 3 is 2.63 bits per heavy atom. The molecule has 0 spiro atoms. The molecule has 2 rings (SSSR count). The first kappa shape index (κ1) is 13.5. The van der Waals surface area contributed by atoms with E-state index in [2.05, 4.69) is 0 Å². The Bertz CT molecular complexity index is 509. The van der Waals surface area contributed by atoms with Crippen LogP contribution in [0.5, 0.6) is 0 Å². The van der Waals surface area contributed by atoms with E-state index in [4.69, 9.17) is 10.5 Å². The summed E-state index contributed by atoms with van der Waals surface area (Å²) >= 11 is 0. The summed E-state index contributed by atoms with van der Waals surface area (Å²) < 4.78 is 6.47. The molecule has 2 atom stereocenters. The zero-order valence-electron chi connectivity index (χ0n) is 11.4. The van der Waals surface area contributed by atoms with E-state index in [1.54, 1.807) is 28.8 Å². The molecule has 2 heterocycles. The maximum Gasteiger partial charge on any atom is 0.310 e. The number of nitrogens with zero attached hydrogens (tertiary/aromatic N) is 2. The predicted octanol–water partition coefficient (Wildman–Crippen LogP) is 0.488. The second kappa shape index (κ2) is 4.95. The summed E-state index contributed by atoms with van der Waals surface area (Å²) in [5.41, 5.74) is 6.77.